The van der Waals surface area contributed by atoms with Crippen molar-refractivity contribution in [2.24, 2.45) is 0 Å². The predicted molar refractivity (Wildman–Crippen MR) is 59.8 cm³/mol. The lowest BCUT2D eigenvalue weighted by molar-refractivity contribution is -0.335. The number of alkyl halides is 6. The van der Waals surface area contributed by atoms with E-state index in [1.165, 1.54) is 0 Å². The van der Waals surface area contributed by atoms with Crippen LogP contribution in [0.4, 0.5) is 26.3 Å². The highest BCUT2D eigenvalue weighted by molar-refractivity contribution is 4.75. The van der Waals surface area contributed by atoms with Crippen molar-refractivity contribution in [2.75, 3.05) is 6.61 Å². The SMILES string of the molecule is CCCCCCCCCOC(F)(F)C(F)C(F)(F)F. The average Bonchev–Trinajstić information content (AvgIpc) is 2.30. The molecule has 7 heteroatoms. The summed E-state index contributed by atoms with van der Waals surface area (Å²) in [6, 6.07) is 0. The van der Waals surface area contributed by atoms with Gasteiger partial charge in [0.15, 0.2) is 0 Å². The van der Waals surface area contributed by atoms with Crippen molar-refractivity contribution >= 4 is 0 Å². The molecule has 0 saturated carbocycles. The maximum atomic E-state index is 12.7. The lowest BCUT2D eigenvalue weighted by Crippen LogP contribution is -2.43. The van der Waals surface area contributed by atoms with Crippen molar-refractivity contribution in [1.29, 1.82) is 0 Å². The number of hydrogen-bond acceptors (Lipinski definition) is 1. The number of halogens is 6. The van der Waals surface area contributed by atoms with Crippen LogP contribution in [0, 0.1) is 0 Å². The normalized spacial score (nSPS) is 14.7. The Labute approximate surface area is 109 Å². The molecule has 0 saturated heterocycles. The first-order valence-corrected chi connectivity index (χ1v) is 6.44. The Kier molecular flexibility index (Phi) is 8.45. The minimum absolute atomic E-state index is 0.201. The number of ether oxygens (including phenoxy) is 1. The summed E-state index contributed by atoms with van der Waals surface area (Å²) < 4.78 is 76.7. The Bertz CT molecular complexity index is 229. The van der Waals surface area contributed by atoms with Crippen LogP contribution in [0.5, 0.6) is 0 Å². The summed E-state index contributed by atoms with van der Waals surface area (Å²) in [5.41, 5.74) is 0. The first kappa shape index (κ1) is 18.5. The lowest BCUT2D eigenvalue weighted by atomic mass is 10.1. The molecule has 0 aliphatic carbocycles. The minimum Gasteiger partial charge on any atom is -0.318 e. The van der Waals surface area contributed by atoms with Gasteiger partial charge in [0.1, 0.15) is 0 Å². The van der Waals surface area contributed by atoms with E-state index in [1.54, 1.807) is 0 Å². The summed E-state index contributed by atoms with van der Waals surface area (Å²) in [6.07, 6.45) is -8.89. The summed E-state index contributed by atoms with van der Waals surface area (Å²) >= 11 is 0. The Morgan fingerprint density at radius 3 is 1.79 bits per heavy atom. The Balaban J connectivity index is 3.70. The van der Waals surface area contributed by atoms with Crippen molar-refractivity contribution < 1.29 is 31.1 Å². The van der Waals surface area contributed by atoms with E-state index in [-0.39, 0.29) is 6.42 Å². The topological polar surface area (TPSA) is 9.23 Å². The third kappa shape index (κ3) is 8.34. The van der Waals surface area contributed by atoms with Gasteiger partial charge in [-0.05, 0) is 6.42 Å². The third-order valence-corrected chi connectivity index (χ3v) is 2.62. The molecule has 0 aliphatic heterocycles. The van der Waals surface area contributed by atoms with Crippen LogP contribution < -0.4 is 0 Å². The second-order valence-corrected chi connectivity index (χ2v) is 4.44. The molecule has 0 rings (SSSR count). The molecule has 0 aliphatic rings. The Morgan fingerprint density at radius 1 is 0.842 bits per heavy atom. The molecule has 0 bridgehead atoms. The van der Waals surface area contributed by atoms with E-state index in [4.69, 9.17) is 0 Å². The molecule has 0 aromatic heterocycles. The molecule has 1 nitrogen and oxygen atoms in total. The third-order valence-electron chi connectivity index (χ3n) is 2.62. The van der Waals surface area contributed by atoms with E-state index in [2.05, 4.69) is 11.7 Å². The molecular formula is C12H20F6O. The fraction of sp³-hybridized carbons (Fsp3) is 1.00. The molecule has 0 aromatic carbocycles. The molecule has 0 aromatic rings. The van der Waals surface area contributed by atoms with Gasteiger partial charge in [0, 0.05) is 0 Å². The summed E-state index contributed by atoms with van der Waals surface area (Å²) in [6.45, 7) is 1.49. The van der Waals surface area contributed by atoms with Gasteiger partial charge < -0.3 is 4.74 Å². The van der Waals surface area contributed by atoms with Gasteiger partial charge in [0.05, 0.1) is 6.61 Å². The molecule has 0 spiro atoms. The van der Waals surface area contributed by atoms with Crippen molar-refractivity contribution in [2.45, 2.75) is 70.3 Å². The van der Waals surface area contributed by atoms with Gasteiger partial charge in [-0.3, -0.25) is 0 Å². The summed E-state index contributed by atoms with van der Waals surface area (Å²) in [7, 11) is 0. The first-order chi connectivity index (χ1) is 8.72. The number of hydrogen-bond donors (Lipinski definition) is 0. The van der Waals surface area contributed by atoms with Crippen molar-refractivity contribution in [3.05, 3.63) is 0 Å². The van der Waals surface area contributed by atoms with Crippen LogP contribution >= 0.6 is 0 Å². The molecule has 19 heavy (non-hydrogen) atoms. The highest BCUT2D eigenvalue weighted by atomic mass is 19.4. The fourth-order valence-electron chi connectivity index (χ4n) is 1.53. The van der Waals surface area contributed by atoms with E-state index in [0.29, 0.717) is 6.42 Å². The number of rotatable bonds is 10. The molecule has 116 valence electrons. The largest absolute Gasteiger partial charge is 0.428 e. The van der Waals surface area contributed by atoms with Crippen LogP contribution in [0.3, 0.4) is 0 Å². The smallest absolute Gasteiger partial charge is 0.318 e. The van der Waals surface area contributed by atoms with Gasteiger partial charge in [-0.2, -0.15) is 22.0 Å². The van der Waals surface area contributed by atoms with Gasteiger partial charge in [-0.1, -0.05) is 45.4 Å². The second kappa shape index (κ2) is 8.66. The second-order valence-electron chi connectivity index (χ2n) is 4.44. The molecule has 0 heterocycles. The molecule has 0 N–H and O–H groups in total. The minimum atomic E-state index is -5.61. The zero-order chi connectivity index (χ0) is 14.9. The molecule has 1 unspecified atom stereocenters. The van der Waals surface area contributed by atoms with E-state index in [0.717, 1.165) is 32.1 Å². The maximum Gasteiger partial charge on any atom is 0.428 e. The van der Waals surface area contributed by atoms with Crippen LogP contribution in [0.25, 0.3) is 0 Å². The quantitative estimate of drug-likeness (QED) is 0.395. The molecule has 0 amide bonds. The average molecular weight is 294 g/mol. The van der Waals surface area contributed by atoms with Crippen LogP contribution in [-0.4, -0.2) is 25.1 Å². The predicted octanol–water partition coefficient (Wildman–Crippen LogP) is 5.25. The molecule has 0 radical (unpaired) electrons. The van der Waals surface area contributed by atoms with Crippen molar-refractivity contribution in [3.8, 4) is 0 Å². The van der Waals surface area contributed by atoms with Gasteiger partial charge in [-0.25, -0.2) is 4.39 Å². The fourth-order valence-corrected chi connectivity index (χ4v) is 1.53. The Hall–Kier alpha value is -0.460. The Morgan fingerprint density at radius 2 is 1.32 bits per heavy atom. The summed E-state index contributed by atoms with van der Waals surface area (Å²) in [5, 5.41) is 0. The maximum absolute atomic E-state index is 12.7. The van der Waals surface area contributed by atoms with Gasteiger partial charge in [0.25, 0.3) is 6.17 Å². The summed E-state index contributed by atoms with van der Waals surface area (Å²) in [4.78, 5) is 0. The van der Waals surface area contributed by atoms with Crippen molar-refractivity contribution in [1.82, 2.24) is 0 Å². The van der Waals surface area contributed by atoms with Crippen LogP contribution in [-0.2, 0) is 4.74 Å². The molecular weight excluding hydrogens is 274 g/mol. The van der Waals surface area contributed by atoms with Gasteiger partial charge >= 0.3 is 12.3 Å². The van der Waals surface area contributed by atoms with Crippen LogP contribution in [0.1, 0.15) is 51.9 Å². The monoisotopic (exact) mass is 294 g/mol. The van der Waals surface area contributed by atoms with E-state index in [1.807, 2.05) is 0 Å². The lowest BCUT2D eigenvalue weighted by Gasteiger charge is -2.22. The highest BCUT2D eigenvalue weighted by Crippen LogP contribution is 2.35. The van der Waals surface area contributed by atoms with E-state index >= 15 is 0 Å². The van der Waals surface area contributed by atoms with Crippen molar-refractivity contribution in [3.63, 3.8) is 0 Å². The summed E-state index contributed by atoms with van der Waals surface area (Å²) in [5.74, 6) is 0. The molecule has 1 atom stereocenters. The number of unbranched alkanes of at least 4 members (excludes halogenated alkanes) is 6. The van der Waals surface area contributed by atoms with Crippen LogP contribution in [0.15, 0.2) is 0 Å². The standard InChI is InChI=1S/C12H20F6O/c1-2-3-4-5-6-7-8-9-19-12(17,18)10(13)11(14,15)16/h10H,2-9H2,1H3. The van der Waals surface area contributed by atoms with E-state index in [9.17, 15) is 26.3 Å². The first-order valence-electron chi connectivity index (χ1n) is 6.44. The van der Waals surface area contributed by atoms with Gasteiger partial charge in [0.2, 0.25) is 0 Å². The van der Waals surface area contributed by atoms with Gasteiger partial charge in [-0.15, -0.1) is 0 Å². The zero-order valence-corrected chi connectivity index (χ0v) is 10.9. The van der Waals surface area contributed by atoms with E-state index < -0.39 is 25.1 Å². The highest BCUT2D eigenvalue weighted by Gasteiger charge is 2.58. The van der Waals surface area contributed by atoms with Crippen LogP contribution in [0.2, 0.25) is 0 Å². The molecule has 0 fully saturated rings. The zero-order valence-electron chi connectivity index (χ0n) is 10.9.